The van der Waals surface area contributed by atoms with Crippen molar-refractivity contribution in [1.29, 1.82) is 0 Å². The normalized spacial score (nSPS) is 15.6. The molecule has 1 N–H and O–H groups in total. The Labute approximate surface area is 77.4 Å². The molecule has 3 nitrogen and oxygen atoms in total. The monoisotopic (exact) mass is 176 g/mol. The van der Waals surface area contributed by atoms with Crippen molar-refractivity contribution in [1.82, 2.24) is 10.3 Å². The fourth-order valence-corrected chi connectivity index (χ4v) is 1.39. The number of hydrogen-bond acceptors (Lipinski definition) is 3. The maximum Gasteiger partial charge on any atom is 0.212 e. The Morgan fingerprint density at radius 1 is 1.46 bits per heavy atom. The van der Waals surface area contributed by atoms with Gasteiger partial charge in [0.25, 0.3) is 0 Å². The van der Waals surface area contributed by atoms with Crippen LogP contribution >= 0.6 is 0 Å². The lowest BCUT2D eigenvalue weighted by atomic mass is 10.1. The fourth-order valence-electron chi connectivity index (χ4n) is 1.39. The Balaban J connectivity index is 2.22. The van der Waals surface area contributed by atoms with E-state index in [-0.39, 0.29) is 0 Å². The highest BCUT2D eigenvalue weighted by molar-refractivity contribution is 5.68. The number of nitrogens with zero attached hydrogens (tertiary/aromatic N) is 1. The molecule has 1 aliphatic heterocycles. The second-order valence-corrected chi connectivity index (χ2v) is 2.95. The molecule has 1 aliphatic rings. The zero-order valence-corrected chi connectivity index (χ0v) is 7.58. The molecule has 0 fully saturated rings. The second kappa shape index (κ2) is 3.58. The van der Waals surface area contributed by atoms with Crippen molar-refractivity contribution >= 4 is 5.57 Å². The highest BCUT2D eigenvalue weighted by Crippen LogP contribution is 2.17. The predicted molar refractivity (Wildman–Crippen MR) is 51.6 cm³/mol. The van der Waals surface area contributed by atoms with E-state index in [1.165, 1.54) is 11.1 Å². The third kappa shape index (κ3) is 1.70. The van der Waals surface area contributed by atoms with Crippen molar-refractivity contribution < 1.29 is 4.74 Å². The molecule has 0 bridgehead atoms. The van der Waals surface area contributed by atoms with E-state index in [4.69, 9.17) is 4.74 Å². The third-order valence-corrected chi connectivity index (χ3v) is 2.12. The van der Waals surface area contributed by atoms with Crippen LogP contribution in [-0.4, -0.2) is 25.2 Å². The molecule has 0 amide bonds. The number of methoxy groups -OCH3 is 1. The van der Waals surface area contributed by atoms with Gasteiger partial charge in [0.2, 0.25) is 5.88 Å². The molecule has 3 heteroatoms. The van der Waals surface area contributed by atoms with Gasteiger partial charge >= 0.3 is 0 Å². The average molecular weight is 176 g/mol. The van der Waals surface area contributed by atoms with Crippen LogP contribution in [0.4, 0.5) is 0 Å². The molecule has 0 saturated carbocycles. The summed E-state index contributed by atoms with van der Waals surface area (Å²) in [5, 5.41) is 3.25. The summed E-state index contributed by atoms with van der Waals surface area (Å²) in [6, 6.07) is 3.92. The maximum atomic E-state index is 4.99. The largest absolute Gasteiger partial charge is 0.481 e. The molecule has 2 heterocycles. The molecule has 1 aromatic rings. The van der Waals surface area contributed by atoms with Crippen LogP contribution in [0.2, 0.25) is 0 Å². The molecule has 0 unspecified atom stereocenters. The van der Waals surface area contributed by atoms with Crippen LogP contribution in [0.15, 0.2) is 24.4 Å². The Morgan fingerprint density at radius 2 is 2.38 bits per heavy atom. The van der Waals surface area contributed by atoms with E-state index in [1.54, 1.807) is 7.11 Å². The maximum absolute atomic E-state index is 4.99. The molecule has 0 saturated heterocycles. The number of pyridine rings is 1. The van der Waals surface area contributed by atoms with E-state index in [0.717, 1.165) is 13.1 Å². The first-order valence-corrected chi connectivity index (χ1v) is 4.30. The minimum absolute atomic E-state index is 0.662. The number of rotatable bonds is 2. The van der Waals surface area contributed by atoms with E-state index in [2.05, 4.69) is 16.4 Å². The van der Waals surface area contributed by atoms with Crippen molar-refractivity contribution in [2.75, 3.05) is 20.2 Å². The van der Waals surface area contributed by atoms with E-state index in [1.807, 2.05) is 18.3 Å². The minimum atomic E-state index is 0.662. The summed E-state index contributed by atoms with van der Waals surface area (Å²) in [6.45, 7) is 1.90. The molecule has 0 aromatic carbocycles. The lowest BCUT2D eigenvalue weighted by Gasteiger charge is -2.02. The first-order chi connectivity index (χ1) is 6.40. The molecule has 13 heavy (non-hydrogen) atoms. The van der Waals surface area contributed by atoms with Crippen molar-refractivity contribution in [3.8, 4) is 5.88 Å². The molecular weight excluding hydrogens is 164 g/mol. The Hall–Kier alpha value is -1.35. The van der Waals surface area contributed by atoms with Gasteiger partial charge in [-0.15, -0.1) is 0 Å². The van der Waals surface area contributed by atoms with Crippen LogP contribution in [0.5, 0.6) is 5.88 Å². The average Bonchev–Trinajstić information content (AvgIpc) is 2.71. The molecule has 0 spiro atoms. The van der Waals surface area contributed by atoms with Crippen LogP contribution in [-0.2, 0) is 0 Å². The lowest BCUT2D eigenvalue weighted by Crippen LogP contribution is -2.07. The van der Waals surface area contributed by atoms with E-state index >= 15 is 0 Å². The fraction of sp³-hybridized carbons (Fsp3) is 0.300. The molecule has 1 aromatic heterocycles. The van der Waals surface area contributed by atoms with Crippen LogP contribution in [0, 0.1) is 0 Å². The first kappa shape index (κ1) is 8.26. The minimum Gasteiger partial charge on any atom is -0.481 e. The van der Waals surface area contributed by atoms with Gasteiger partial charge in [0.1, 0.15) is 0 Å². The molecule has 0 aliphatic carbocycles. The van der Waals surface area contributed by atoms with Gasteiger partial charge in [0.15, 0.2) is 0 Å². The van der Waals surface area contributed by atoms with Crippen LogP contribution in [0.3, 0.4) is 0 Å². The third-order valence-electron chi connectivity index (χ3n) is 2.12. The quantitative estimate of drug-likeness (QED) is 0.732. The van der Waals surface area contributed by atoms with Gasteiger partial charge in [-0.1, -0.05) is 6.08 Å². The molecule has 0 radical (unpaired) electrons. The molecule has 68 valence electrons. The van der Waals surface area contributed by atoms with E-state index in [9.17, 15) is 0 Å². The van der Waals surface area contributed by atoms with Gasteiger partial charge in [-0.2, -0.15) is 0 Å². The van der Waals surface area contributed by atoms with E-state index in [0.29, 0.717) is 5.88 Å². The number of ether oxygens (including phenoxy) is 1. The smallest absolute Gasteiger partial charge is 0.212 e. The van der Waals surface area contributed by atoms with Gasteiger partial charge in [-0.05, 0) is 17.2 Å². The standard InChI is InChI=1S/C10H12N2O/c1-13-10-3-2-8(7-12-10)9-4-5-11-6-9/h2-4,7,11H,5-6H2,1H3. The van der Waals surface area contributed by atoms with Gasteiger partial charge < -0.3 is 10.1 Å². The van der Waals surface area contributed by atoms with Gasteiger partial charge in [0.05, 0.1) is 7.11 Å². The lowest BCUT2D eigenvalue weighted by molar-refractivity contribution is 0.398. The van der Waals surface area contributed by atoms with Crippen molar-refractivity contribution in [3.05, 3.63) is 30.0 Å². The zero-order chi connectivity index (χ0) is 9.10. The number of nitrogens with one attached hydrogen (secondary N) is 1. The molecule has 0 atom stereocenters. The van der Waals surface area contributed by atoms with Gasteiger partial charge in [0, 0.05) is 25.4 Å². The van der Waals surface area contributed by atoms with Crippen molar-refractivity contribution in [2.24, 2.45) is 0 Å². The van der Waals surface area contributed by atoms with Gasteiger partial charge in [-0.25, -0.2) is 4.98 Å². The van der Waals surface area contributed by atoms with Crippen molar-refractivity contribution in [2.45, 2.75) is 0 Å². The molecule has 2 rings (SSSR count). The Morgan fingerprint density at radius 3 is 2.92 bits per heavy atom. The highest BCUT2D eigenvalue weighted by Gasteiger charge is 2.06. The molecular formula is C10H12N2O. The van der Waals surface area contributed by atoms with Crippen LogP contribution in [0.25, 0.3) is 5.57 Å². The zero-order valence-electron chi connectivity index (χ0n) is 7.58. The second-order valence-electron chi connectivity index (χ2n) is 2.95. The highest BCUT2D eigenvalue weighted by atomic mass is 16.5. The summed E-state index contributed by atoms with van der Waals surface area (Å²) < 4.78 is 4.99. The first-order valence-electron chi connectivity index (χ1n) is 4.30. The van der Waals surface area contributed by atoms with Crippen molar-refractivity contribution in [3.63, 3.8) is 0 Å². The number of aromatic nitrogens is 1. The number of hydrogen-bond donors (Lipinski definition) is 1. The topological polar surface area (TPSA) is 34.1 Å². The summed E-state index contributed by atoms with van der Waals surface area (Å²) in [5.74, 6) is 0.662. The summed E-state index contributed by atoms with van der Waals surface area (Å²) in [4.78, 5) is 4.15. The summed E-state index contributed by atoms with van der Waals surface area (Å²) in [7, 11) is 1.62. The van der Waals surface area contributed by atoms with Crippen LogP contribution < -0.4 is 10.1 Å². The summed E-state index contributed by atoms with van der Waals surface area (Å²) in [6.07, 6.45) is 4.03. The Kier molecular flexibility index (Phi) is 2.27. The summed E-state index contributed by atoms with van der Waals surface area (Å²) >= 11 is 0. The predicted octanol–water partition coefficient (Wildman–Crippen LogP) is 1.08. The van der Waals surface area contributed by atoms with E-state index < -0.39 is 0 Å². The van der Waals surface area contributed by atoms with Crippen LogP contribution in [0.1, 0.15) is 5.56 Å². The SMILES string of the molecule is COc1ccc(C2=CCNC2)cn1. The summed E-state index contributed by atoms with van der Waals surface area (Å²) in [5.41, 5.74) is 2.49. The van der Waals surface area contributed by atoms with Gasteiger partial charge in [-0.3, -0.25) is 0 Å². The Bertz CT molecular complexity index is 316.